The highest BCUT2D eigenvalue weighted by Crippen LogP contribution is 2.48. The molecular weight excluding hydrogens is 532 g/mol. The maximum absolute atomic E-state index is 15.4. The lowest BCUT2D eigenvalue weighted by atomic mass is 9.78. The Hall–Kier alpha value is -2.22. The third-order valence-electron chi connectivity index (χ3n) is 9.04. The first-order valence-corrected chi connectivity index (χ1v) is 15.9. The number of aromatic nitrogens is 2. The zero-order valence-electron chi connectivity index (χ0n) is 24.3. The molecule has 3 unspecified atom stereocenters. The van der Waals surface area contributed by atoms with Crippen molar-refractivity contribution in [1.82, 2.24) is 9.97 Å². The van der Waals surface area contributed by atoms with Gasteiger partial charge in [0.25, 0.3) is 11.9 Å². The number of aryl methyl sites for hydroxylation is 1. The van der Waals surface area contributed by atoms with Gasteiger partial charge in [0.15, 0.2) is 5.75 Å². The van der Waals surface area contributed by atoms with Gasteiger partial charge in [0.1, 0.15) is 12.7 Å². The Morgan fingerprint density at radius 2 is 1.54 bits per heavy atom. The molecule has 5 rings (SSSR count). The van der Waals surface area contributed by atoms with Gasteiger partial charge in [-0.15, -0.1) is 0 Å². The Morgan fingerprint density at radius 1 is 0.829 bits per heavy atom. The van der Waals surface area contributed by atoms with Crippen molar-refractivity contribution in [2.75, 3.05) is 6.61 Å². The van der Waals surface area contributed by atoms with Crippen LogP contribution >= 0.6 is 0 Å². The number of pyridine rings is 2. The zero-order valence-corrected chi connectivity index (χ0v) is 24.3. The predicted octanol–water partition coefficient (Wildman–Crippen LogP) is 9.33. The fourth-order valence-electron chi connectivity index (χ4n) is 6.23. The van der Waals surface area contributed by atoms with E-state index in [4.69, 9.17) is 9.47 Å². The highest BCUT2D eigenvalue weighted by atomic mass is 19.3. The quantitative estimate of drug-likeness (QED) is 0.0815. The number of halogens is 4. The van der Waals surface area contributed by atoms with E-state index in [1.807, 2.05) is 0 Å². The number of epoxide rings is 1. The molecule has 1 saturated carbocycles. The van der Waals surface area contributed by atoms with Crippen LogP contribution in [0.1, 0.15) is 114 Å². The standard InChI is InChI=1S/C33H44F4N2O2/c1-2-3-13-27-29(41-27)21-40-28-19-18-25(38-31(28)34)26-20-23-16-17-24(33(36,37)30(23)32(35)39-26)12-10-8-6-4-5-7-9-11-22-14-15-22/h18-20,22,24,27,29H,2-17,21H2,1H3. The zero-order chi connectivity index (χ0) is 28.8. The van der Waals surface area contributed by atoms with E-state index in [2.05, 4.69) is 16.9 Å². The molecule has 2 aliphatic carbocycles. The second kappa shape index (κ2) is 13.8. The summed E-state index contributed by atoms with van der Waals surface area (Å²) < 4.78 is 71.7. The monoisotopic (exact) mass is 576 g/mol. The predicted molar refractivity (Wildman–Crippen MR) is 151 cm³/mol. The Labute approximate surface area is 241 Å². The summed E-state index contributed by atoms with van der Waals surface area (Å²) >= 11 is 0. The van der Waals surface area contributed by atoms with Crippen molar-refractivity contribution in [3.63, 3.8) is 0 Å². The van der Waals surface area contributed by atoms with Gasteiger partial charge in [0.05, 0.1) is 23.1 Å². The van der Waals surface area contributed by atoms with Gasteiger partial charge in [-0.05, 0) is 55.4 Å². The lowest BCUT2D eigenvalue weighted by molar-refractivity contribution is -0.0824. The molecule has 3 heterocycles. The minimum atomic E-state index is -3.28. The third kappa shape index (κ3) is 7.99. The summed E-state index contributed by atoms with van der Waals surface area (Å²) in [5, 5.41) is 0. The van der Waals surface area contributed by atoms with Gasteiger partial charge in [-0.1, -0.05) is 84.0 Å². The van der Waals surface area contributed by atoms with Gasteiger partial charge < -0.3 is 9.47 Å². The van der Waals surface area contributed by atoms with E-state index in [-0.39, 0.29) is 41.5 Å². The lowest BCUT2D eigenvalue weighted by Gasteiger charge is -2.33. The smallest absolute Gasteiger partial charge is 0.280 e. The third-order valence-corrected chi connectivity index (χ3v) is 9.04. The van der Waals surface area contributed by atoms with Crippen molar-refractivity contribution in [1.29, 1.82) is 0 Å². The molecule has 0 amide bonds. The molecule has 3 atom stereocenters. The normalized spacial score (nSPS) is 22.9. The maximum Gasteiger partial charge on any atom is 0.280 e. The van der Waals surface area contributed by atoms with Crippen LogP contribution in [0.2, 0.25) is 0 Å². The minimum Gasteiger partial charge on any atom is -0.486 e. The van der Waals surface area contributed by atoms with Crippen molar-refractivity contribution >= 4 is 0 Å². The first-order valence-electron chi connectivity index (χ1n) is 15.9. The highest BCUT2D eigenvalue weighted by molar-refractivity contribution is 5.57. The Kier molecular flexibility index (Phi) is 10.2. The maximum atomic E-state index is 15.4. The van der Waals surface area contributed by atoms with Crippen LogP contribution in [0, 0.1) is 23.7 Å². The van der Waals surface area contributed by atoms with Gasteiger partial charge in [0.2, 0.25) is 5.95 Å². The fourth-order valence-corrected chi connectivity index (χ4v) is 6.23. The average Bonchev–Trinajstić information content (AvgIpc) is 3.88. The Balaban J connectivity index is 1.12. The van der Waals surface area contributed by atoms with E-state index < -0.39 is 29.3 Å². The summed E-state index contributed by atoms with van der Waals surface area (Å²) in [4.78, 5) is 7.70. The van der Waals surface area contributed by atoms with E-state index >= 15 is 13.2 Å². The first-order chi connectivity index (χ1) is 19.9. The molecule has 0 aromatic carbocycles. The van der Waals surface area contributed by atoms with Crippen molar-refractivity contribution < 1.29 is 27.0 Å². The molecule has 2 aromatic rings. The van der Waals surface area contributed by atoms with Crippen LogP contribution in [0.5, 0.6) is 5.75 Å². The molecule has 41 heavy (non-hydrogen) atoms. The van der Waals surface area contributed by atoms with Crippen LogP contribution in [0.4, 0.5) is 17.6 Å². The molecule has 0 bridgehead atoms. The number of unbranched alkanes of at least 4 members (excludes halogenated alkanes) is 7. The van der Waals surface area contributed by atoms with Crippen LogP contribution in [0.15, 0.2) is 18.2 Å². The number of alkyl halides is 2. The summed E-state index contributed by atoms with van der Waals surface area (Å²) in [6.45, 7) is 2.34. The van der Waals surface area contributed by atoms with Crippen LogP contribution in [0.25, 0.3) is 11.4 Å². The molecule has 0 radical (unpaired) electrons. The van der Waals surface area contributed by atoms with Crippen LogP contribution in [0.3, 0.4) is 0 Å². The average molecular weight is 577 g/mol. The number of rotatable bonds is 17. The van der Waals surface area contributed by atoms with Crippen molar-refractivity contribution in [3.8, 4) is 17.1 Å². The molecule has 0 spiro atoms. The van der Waals surface area contributed by atoms with Crippen LogP contribution in [-0.4, -0.2) is 28.8 Å². The molecule has 8 heteroatoms. The second-order valence-corrected chi connectivity index (χ2v) is 12.3. The summed E-state index contributed by atoms with van der Waals surface area (Å²) in [6, 6.07) is 4.33. The molecule has 1 aliphatic heterocycles. The number of fused-ring (bicyclic) bond motifs is 1. The lowest BCUT2D eigenvalue weighted by Crippen LogP contribution is -2.33. The first kappa shape index (κ1) is 30.2. The molecule has 226 valence electrons. The summed E-state index contributed by atoms with van der Waals surface area (Å²) in [5.74, 6) is -5.24. The SMILES string of the molecule is CCCCC1OC1COc1ccc(-c2cc3c(c(F)n2)C(F)(F)C(CCCCCCCCCC2CC2)CC3)nc1F. The molecule has 2 aromatic heterocycles. The van der Waals surface area contributed by atoms with E-state index in [0.717, 1.165) is 50.9 Å². The summed E-state index contributed by atoms with van der Waals surface area (Å²) in [6.07, 6.45) is 16.1. The van der Waals surface area contributed by atoms with E-state index in [9.17, 15) is 4.39 Å². The Morgan fingerprint density at radius 3 is 2.24 bits per heavy atom. The van der Waals surface area contributed by atoms with Gasteiger partial charge in [-0.2, -0.15) is 8.78 Å². The highest BCUT2D eigenvalue weighted by Gasteiger charge is 2.48. The Bertz CT molecular complexity index is 1160. The number of ether oxygens (including phenoxy) is 2. The number of hydrogen-bond acceptors (Lipinski definition) is 4. The summed E-state index contributed by atoms with van der Waals surface area (Å²) in [5.41, 5.74) is -0.247. The second-order valence-electron chi connectivity index (χ2n) is 12.3. The molecule has 1 saturated heterocycles. The number of nitrogens with zero attached hydrogens (tertiary/aromatic N) is 2. The summed E-state index contributed by atoms with van der Waals surface area (Å²) in [7, 11) is 0. The van der Waals surface area contributed by atoms with E-state index in [1.165, 1.54) is 56.7 Å². The molecule has 0 N–H and O–H groups in total. The van der Waals surface area contributed by atoms with Gasteiger partial charge >= 0.3 is 0 Å². The topological polar surface area (TPSA) is 47.5 Å². The largest absolute Gasteiger partial charge is 0.486 e. The molecular formula is C33H44F4N2O2. The fraction of sp³-hybridized carbons (Fsp3) is 0.697. The van der Waals surface area contributed by atoms with E-state index in [0.29, 0.717) is 19.3 Å². The molecule has 2 fully saturated rings. The van der Waals surface area contributed by atoms with Crippen molar-refractivity contribution in [3.05, 3.63) is 41.2 Å². The minimum absolute atomic E-state index is 0.0279. The van der Waals surface area contributed by atoms with Gasteiger partial charge in [0, 0.05) is 5.92 Å². The van der Waals surface area contributed by atoms with Crippen LogP contribution in [-0.2, 0) is 17.1 Å². The van der Waals surface area contributed by atoms with Gasteiger partial charge in [-0.3, -0.25) is 0 Å². The molecule has 3 aliphatic rings. The molecule has 4 nitrogen and oxygen atoms in total. The number of hydrogen-bond donors (Lipinski definition) is 0. The van der Waals surface area contributed by atoms with Crippen molar-refractivity contribution in [2.24, 2.45) is 11.8 Å². The van der Waals surface area contributed by atoms with E-state index in [1.54, 1.807) is 0 Å². The van der Waals surface area contributed by atoms with Crippen molar-refractivity contribution in [2.45, 2.75) is 128 Å². The van der Waals surface area contributed by atoms with Crippen LogP contribution < -0.4 is 4.74 Å². The van der Waals surface area contributed by atoms with Gasteiger partial charge in [-0.25, -0.2) is 18.7 Å².